The number of benzene rings is 8. The Morgan fingerprint density at radius 3 is 1.76 bits per heavy atom. The van der Waals surface area contributed by atoms with Gasteiger partial charge in [0.2, 0.25) is 0 Å². The molecule has 2 aliphatic rings. The van der Waals surface area contributed by atoms with E-state index in [0.717, 1.165) is 6.54 Å². The SMILES string of the molecule is Cc1ccccc1-c1c(-c2ccccc2)n2c3c(ccc(Cn4c5ccccc5c5ccccc54)c13)-c1cc(C(C)(C)C)cc3c1B2c1cc(C(C)(C)C)cc2c4cc(C(C)(C)C)ccc4n-3c12. The minimum Gasteiger partial charge on any atom is -0.375 e. The summed E-state index contributed by atoms with van der Waals surface area (Å²) in [6.07, 6.45) is 0. The third-order valence-corrected chi connectivity index (χ3v) is 15.7. The summed E-state index contributed by atoms with van der Waals surface area (Å²) in [5.41, 5.74) is 24.8. The van der Waals surface area contributed by atoms with E-state index in [2.05, 4.69) is 241 Å². The molecular formula is C64H58BN3. The Labute approximate surface area is 400 Å². The molecule has 2 aliphatic heterocycles. The first kappa shape index (κ1) is 41.2. The van der Waals surface area contributed by atoms with Gasteiger partial charge in [0.25, 0.3) is 0 Å². The van der Waals surface area contributed by atoms with Crippen molar-refractivity contribution in [1.29, 1.82) is 0 Å². The molecule has 0 aliphatic carbocycles. The molecule has 0 saturated heterocycles. The quantitative estimate of drug-likeness (QED) is 0.157. The van der Waals surface area contributed by atoms with Crippen molar-refractivity contribution in [2.75, 3.05) is 0 Å². The highest BCUT2D eigenvalue weighted by molar-refractivity contribution is 6.90. The highest BCUT2D eigenvalue weighted by Gasteiger charge is 2.44. The van der Waals surface area contributed by atoms with E-state index in [1.165, 1.54) is 132 Å². The number of nitrogens with zero attached hydrogens (tertiary/aromatic N) is 3. The summed E-state index contributed by atoms with van der Waals surface area (Å²) in [6, 6.07) is 60.8. The van der Waals surface area contributed by atoms with Crippen molar-refractivity contribution in [3.05, 3.63) is 186 Å². The number of rotatable bonds is 4. The highest BCUT2D eigenvalue weighted by Crippen LogP contribution is 2.51. The van der Waals surface area contributed by atoms with E-state index in [1.807, 2.05) is 0 Å². The molecule has 0 bridgehead atoms. The van der Waals surface area contributed by atoms with Gasteiger partial charge in [-0.15, -0.1) is 0 Å². The molecule has 3 aromatic heterocycles. The summed E-state index contributed by atoms with van der Waals surface area (Å²) < 4.78 is 8.05. The minimum atomic E-state index is -0.0934. The number of aromatic nitrogens is 3. The van der Waals surface area contributed by atoms with Crippen LogP contribution in [0.4, 0.5) is 0 Å². The first-order valence-electron chi connectivity index (χ1n) is 24.7. The maximum absolute atomic E-state index is 2.82. The van der Waals surface area contributed by atoms with E-state index in [0.29, 0.717) is 0 Å². The van der Waals surface area contributed by atoms with Crippen LogP contribution in [0.5, 0.6) is 0 Å². The molecule has 332 valence electrons. The summed E-state index contributed by atoms with van der Waals surface area (Å²) in [5, 5.41) is 6.61. The zero-order chi connectivity index (χ0) is 46.8. The van der Waals surface area contributed by atoms with E-state index in [1.54, 1.807) is 0 Å². The zero-order valence-corrected chi connectivity index (χ0v) is 41.1. The van der Waals surface area contributed by atoms with Gasteiger partial charge in [-0.2, -0.15) is 0 Å². The summed E-state index contributed by atoms with van der Waals surface area (Å²) in [4.78, 5) is 0. The molecule has 13 rings (SSSR count). The van der Waals surface area contributed by atoms with Gasteiger partial charge in [-0.05, 0) is 115 Å². The third-order valence-electron chi connectivity index (χ3n) is 15.7. The predicted octanol–water partition coefficient (Wildman–Crippen LogP) is 15.4. The lowest BCUT2D eigenvalue weighted by atomic mass is 9.45. The maximum Gasteiger partial charge on any atom is 0.333 e. The van der Waals surface area contributed by atoms with Gasteiger partial charge in [0, 0.05) is 72.5 Å². The lowest BCUT2D eigenvalue weighted by Crippen LogP contribution is -2.56. The molecule has 5 heterocycles. The van der Waals surface area contributed by atoms with Crippen LogP contribution in [0.25, 0.3) is 93.7 Å². The van der Waals surface area contributed by atoms with Crippen LogP contribution in [0.15, 0.2) is 158 Å². The molecule has 8 aromatic carbocycles. The molecule has 0 unspecified atom stereocenters. The van der Waals surface area contributed by atoms with Crippen molar-refractivity contribution in [2.45, 2.75) is 92.0 Å². The lowest BCUT2D eigenvalue weighted by molar-refractivity contribution is 0.590. The van der Waals surface area contributed by atoms with Crippen LogP contribution in [0.3, 0.4) is 0 Å². The fourth-order valence-electron chi connectivity index (χ4n) is 12.2. The molecule has 0 saturated carbocycles. The Balaban J connectivity index is 1.25. The second kappa shape index (κ2) is 14.0. The van der Waals surface area contributed by atoms with Crippen molar-refractivity contribution >= 4 is 72.3 Å². The normalized spacial score (nSPS) is 13.5. The second-order valence-corrected chi connectivity index (χ2v) is 23.0. The first-order chi connectivity index (χ1) is 32.6. The topological polar surface area (TPSA) is 14.8 Å². The van der Waals surface area contributed by atoms with Crippen LogP contribution < -0.4 is 10.9 Å². The predicted molar refractivity (Wildman–Crippen MR) is 292 cm³/mol. The van der Waals surface area contributed by atoms with Crippen LogP contribution in [0.2, 0.25) is 0 Å². The summed E-state index contributed by atoms with van der Waals surface area (Å²) in [7, 11) is 0. The summed E-state index contributed by atoms with van der Waals surface area (Å²) >= 11 is 0. The molecule has 3 nitrogen and oxygen atoms in total. The second-order valence-electron chi connectivity index (χ2n) is 23.0. The van der Waals surface area contributed by atoms with Gasteiger partial charge in [0.1, 0.15) is 0 Å². The Kier molecular flexibility index (Phi) is 8.49. The van der Waals surface area contributed by atoms with Crippen LogP contribution in [0, 0.1) is 6.92 Å². The smallest absolute Gasteiger partial charge is 0.333 e. The zero-order valence-electron chi connectivity index (χ0n) is 41.1. The molecule has 0 atom stereocenters. The van der Waals surface area contributed by atoms with Gasteiger partial charge in [0.05, 0.1) is 11.0 Å². The molecule has 4 heteroatoms. The Hall–Kier alpha value is -7.04. The Morgan fingerprint density at radius 2 is 1.09 bits per heavy atom. The van der Waals surface area contributed by atoms with Gasteiger partial charge in [-0.1, -0.05) is 184 Å². The number of aryl methyl sites for hydroxylation is 1. The Morgan fingerprint density at radius 1 is 0.471 bits per heavy atom. The van der Waals surface area contributed by atoms with Crippen LogP contribution >= 0.6 is 0 Å². The van der Waals surface area contributed by atoms with Crippen LogP contribution in [-0.4, -0.2) is 20.5 Å². The van der Waals surface area contributed by atoms with Crippen molar-refractivity contribution in [1.82, 2.24) is 13.6 Å². The van der Waals surface area contributed by atoms with Crippen molar-refractivity contribution in [3.63, 3.8) is 0 Å². The molecular weight excluding hydrogens is 822 g/mol. The van der Waals surface area contributed by atoms with Gasteiger partial charge in [-0.3, -0.25) is 0 Å². The minimum absolute atomic E-state index is 0.00900. The molecule has 0 spiro atoms. The van der Waals surface area contributed by atoms with Crippen molar-refractivity contribution in [3.8, 4) is 39.2 Å². The summed E-state index contributed by atoms with van der Waals surface area (Å²) in [6.45, 7) is 24.3. The largest absolute Gasteiger partial charge is 0.375 e. The maximum atomic E-state index is 2.82. The monoisotopic (exact) mass is 879 g/mol. The number of hydrogen-bond acceptors (Lipinski definition) is 0. The molecule has 0 N–H and O–H groups in total. The Bertz CT molecular complexity index is 3890. The molecule has 11 aromatic rings. The van der Waals surface area contributed by atoms with Crippen LogP contribution in [-0.2, 0) is 22.8 Å². The number of fused-ring (bicyclic) bond motifs is 10. The van der Waals surface area contributed by atoms with Crippen molar-refractivity contribution in [2.24, 2.45) is 0 Å². The molecule has 0 radical (unpaired) electrons. The molecule has 68 heavy (non-hydrogen) atoms. The average Bonchev–Trinajstić information content (AvgIpc) is 3.96. The fraction of sp³-hybridized carbons (Fsp3) is 0.219. The highest BCUT2D eigenvalue weighted by atomic mass is 15.0. The fourth-order valence-corrected chi connectivity index (χ4v) is 12.2. The molecule has 0 fully saturated rings. The first-order valence-corrected chi connectivity index (χ1v) is 24.7. The van der Waals surface area contributed by atoms with Gasteiger partial charge >= 0.3 is 6.85 Å². The summed E-state index contributed by atoms with van der Waals surface area (Å²) in [5.74, 6) is 0. The number of hydrogen-bond donors (Lipinski definition) is 0. The van der Waals surface area contributed by atoms with E-state index < -0.39 is 0 Å². The standard InChI is InChI=1S/C64H58BN3/c1-38-20-14-15-23-44(38)57-56-40(37-66-52-26-18-16-24-45(52)46-25-17-19-27-53(46)66)28-30-47-49-33-43(64(8,9)10)36-55-58(49)65(68(61(47)56)59(57)39-21-12-11-13-22-39)51-35-42(63(5,6)7)34-50-48-32-41(62(2,3)4)29-31-54(48)67(55)60(50)51/h11-36H,37H2,1-10H3. The van der Waals surface area contributed by atoms with Crippen LogP contribution in [0.1, 0.15) is 90.1 Å². The molecule has 0 amide bonds. The average molecular weight is 880 g/mol. The van der Waals surface area contributed by atoms with Gasteiger partial charge in [-0.25, -0.2) is 0 Å². The van der Waals surface area contributed by atoms with Gasteiger partial charge < -0.3 is 13.6 Å². The van der Waals surface area contributed by atoms with Gasteiger partial charge in [0.15, 0.2) is 0 Å². The number of para-hydroxylation sites is 2. The van der Waals surface area contributed by atoms with E-state index in [9.17, 15) is 0 Å². The van der Waals surface area contributed by atoms with E-state index in [4.69, 9.17) is 0 Å². The van der Waals surface area contributed by atoms with E-state index >= 15 is 0 Å². The van der Waals surface area contributed by atoms with Crippen molar-refractivity contribution < 1.29 is 0 Å². The van der Waals surface area contributed by atoms with E-state index in [-0.39, 0.29) is 23.1 Å². The third kappa shape index (κ3) is 5.73. The lowest BCUT2D eigenvalue weighted by Gasteiger charge is -2.37.